The number of nitrogens with zero attached hydrogens (tertiary/aromatic N) is 1. The first-order valence-corrected chi connectivity index (χ1v) is 6.11. The molecular formula is C10H9N2O4S. The molecule has 89 valence electrons. The van der Waals surface area contributed by atoms with Gasteiger partial charge in [0.1, 0.15) is 0 Å². The van der Waals surface area contributed by atoms with E-state index in [0.29, 0.717) is 11.4 Å². The Hall–Kier alpha value is -1.86. The SMILES string of the molecule is Cc1[c]c(=O)n(-c2cccc(S(=O)(=O)O)c2)[nH]1. The maximum absolute atomic E-state index is 11.5. The molecule has 17 heavy (non-hydrogen) atoms. The molecule has 0 aliphatic rings. The van der Waals surface area contributed by atoms with Crippen molar-refractivity contribution in [2.45, 2.75) is 11.8 Å². The first-order valence-electron chi connectivity index (χ1n) is 4.67. The van der Waals surface area contributed by atoms with Crippen molar-refractivity contribution in [2.75, 3.05) is 0 Å². The van der Waals surface area contributed by atoms with E-state index in [0.717, 1.165) is 4.68 Å². The van der Waals surface area contributed by atoms with Gasteiger partial charge in [-0.05, 0) is 25.1 Å². The molecule has 0 aliphatic carbocycles. The van der Waals surface area contributed by atoms with Crippen molar-refractivity contribution in [2.24, 2.45) is 0 Å². The zero-order valence-corrected chi connectivity index (χ0v) is 9.65. The van der Waals surface area contributed by atoms with Crippen LogP contribution >= 0.6 is 0 Å². The third kappa shape index (κ3) is 2.29. The summed E-state index contributed by atoms with van der Waals surface area (Å²) in [5, 5.41) is 2.71. The molecule has 0 atom stereocenters. The van der Waals surface area contributed by atoms with Gasteiger partial charge in [-0.1, -0.05) is 6.07 Å². The van der Waals surface area contributed by atoms with Crippen LogP contribution in [0.25, 0.3) is 5.69 Å². The molecule has 6 nitrogen and oxygen atoms in total. The van der Waals surface area contributed by atoms with Gasteiger partial charge < -0.3 is 0 Å². The van der Waals surface area contributed by atoms with Crippen LogP contribution in [0.1, 0.15) is 5.69 Å². The van der Waals surface area contributed by atoms with Gasteiger partial charge in [0, 0.05) is 5.69 Å². The fourth-order valence-corrected chi connectivity index (χ4v) is 1.95. The molecule has 1 radical (unpaired) electrons. The van der Waals surface area contributed by atoms with Crippen LogP contribution < -0.4 is 5.56 Å². The number of rotatable bonds is 2. The van der Waals surface area contributed by atoms with Gasteiger partial charge in [0.25, 0.3) is 15.7 Å². The predicted octanol–water partition coefficient (Wildman–Crippen LogP) is 0.521. The lowest BCUT2D eigenvalue weighted by atomic mass is 10.3. The lowest BCUT2D eigenvalue weighted by molar-refractivity contribution is 0.483. The van der Waals surface area contributed by atoms with Gasteiger partial charge in [0.05, 0.1) is 16.6 Å². The Labute approximate surface area is 97.3 Å². The predicted molar refractivity (Wildman–Crippen MR) is 59.8 cm³/mol. The Morgan fingerprint density at radius 2 is 2.12 bits per heavy atom. The second kappa shape index (κ2) is 3.86. The van der Waals surface area contributed by atoms with Gasteiger partial charge in [-0.2, -0.15) is 8.42 Å². The van der Waals surface area contributed by atoms with Gasteiger partial charge in [0.15, 0.2) is 0 Å². The number of hydrogen-bond donors (Lipinski definition) is 2. The number of benzene rings is 1. The maximum atomic E-state index is 11.5. The molecule has 1 aromatic heterocycles. The van der Waals surface area contributed by atoms with Crippen molar-refractivity contribution in [3.05, 3.63) is 46.4 Å². The zero-order valence-electron chi connectivity index (χ0n) is 8.84. The molecule has 1 heterocycles. The number of aromatic amines is 1. The number of aromatic nitrogens is 2. The summed E-state index contributed by atoms with van der Waals surface area (Å²) < 4.78 is 32.0. The van der Waals surface area contributed by atoms with Crippen LogP contribution in [0.2, 0.25) is 0 Å². The van der Waals surface area contributed by atoms with Crippen molar-refractivity contribution < 1.29 is 13.0 Å². The first-order chi connectivity index (χ1) is 7.88. The molecule has 0 bridgehead atoms. The fraction of sp³-hybridized carbons (Fsp3) is 0.100. The second-order valence-electron chi connectivity index (χ2n) is 3.47. The van der Waals surface area contributed by atoms with Crippen LogP contribution in [-0.2, 0) is 10.1 Å². The number of H-pyrrole nitrogens is 1. The molecule has 0 saturated carbocycles. The fourth-order valence-electron chi connectivity index (χ4n) is 1.43. The Morgan fingerprint density at radius 1 is 1.41 bits per heavy atom. The van der Waals surface area contributed by atoms with Crippen molar-refractivity contribution in [3.63, 3.8) is 0 Å². The van der Waals surface area contributed by atoms with Crippen molar-refractivity contribution in [1.82, 2.24) is 9.78 Å². The lowest BCUT2D eigenvalue weighted by Gasteiger charge is -2.03. The summed E-state index contributed by atoms with van der Waals surface area (Å²) in [7, 11) is -4.28. The van der Waals surface area contributed by atoms with Gasteiger partial charge in [0.2, 0.25) is 0 Å². The lowest BCUT2D eigenvalue weighted by Crippen LogP contribution is -2.14. The minimum atomic E-state index is -4.28. The summed E-state index contributed by atoms with van der Waals surface area (Å²) in [6.45, 7) is 1.66. The highest BCUT2D eigenvalue weighted by atomic mass is 32.2. The van der Waals surface area contributed by atoms with Gasteiger partial charge in [-0.15, -0.1) is 0 Å². The minimum Gasteiger partial charge on any atom is -0.295 e. The Kier molecular flexibility index (Phi) is 2.64. The van der Waals surface area contributed by atoms with E-state index in [4.69, 9.17) is 4.55 Å². The standard InChI is InChI=1S/C10H9N2O4S/c1-7-5-10(13)12(11-7)8-3-2-4-9(6-8)17(14,15)16/h2-4,6,11H,1H3,(H,14,15,16). The third-order valence-electron chi connectivity index (χ3n) is 2.15. The Balaban J connectivity index is 2.62. The topological polar surface area (TPSA) is 92.2 Å². The highest BCUT2D eigenvalue weighted by Gasteiger charge is 2.11. The Bertz CT molecular complexity index is 712. The largest absolute Gasteiger partial charge is 0.295 e. The average molecular weight is 253 g/mol. The van der Waals surface area contributed by atoms with E-state index < -0.39 is 15.7 Å². The van der Waals surface area contributed by atoms with Crippen molar-refractivity contribution >= 4 is 10.1 Å². The average Bonchev–Trinajstić information content (AvgIpc) is 2.57. The normalized spacial score (nSPS) is 11.6. The summed E-state index contributed by atoms with van der Waals surface area (Å²) >= 11 is 0. The van der Waals surface area contributed by atoms with Crippen molar-refractivity contribution in [3.8, 4) is 5.69 Å². The first kappa shape index (κ1) is 11.6. The zero-order chi connectivity index (χ0) is 12.6. The Morgan fingerprint density at radius 3 is 2.65 bits per heavy atom. The third-order valence-corrected chi connectivity index (χ3v) is 3.00. The van der Waals surface area contributed by atoms with E-state index in [-0.39, 0.29) is 4.90 Å². The molecule has 7 heteroatoms. The molecule has 0 unspecified atom stereocenters. The summed E-state index contributed by atoms with van der Waals surface area (Å²) in [4.78, 5) is 11.2. The van der Waals surface area contributed by atoms with E-state index in [1.165, 1.54) is 18.2 Å². The van der Waals surface area contributed by atoms with Crippen LogP contribution in [0.3, 0.4) is 0 Å². The van der Waals surface area contributed by atoms with E-state index in [1.54, 1.807) is 13.0 Å². The van der Waals surface area contributed by atoms with E-state index in [2.05, 4.69) is 11.2 Å². The van der Waals surface area contributed by atoms with Crippen LogP contribution in [-0.4, -0.2) is 22.8 Å². The van der Waals surface area contributed by atoms with Crippen LogP contribution in [0.5, 0.6) is 0 Å². The highest BCUT2D eigenvalue weighted by Crippen LogP contribution is 2.12. The molecule has 2 aromatic rings. The molecule has 0 saturated heterocycles. The molecule has 1 aromatic carbocycles. The van der Waals surface area contributed by atoms with Gasteiger partial charge in [-0.3, -0.25) is 14.4 Å². The van der Waals surface area contributed by atoms with Gasteiger partial charge >= 0.3 is 0 Å². The van der Waals surface area contributed by atoms with Gasteiger partial charge in [-0.25, -0.2) is 4.68 Å². The minimum absolute atomic E-state index is 0.269. The molecule has 2 rings (SSSR count). The van der Waals surface area contributed by atoms with E-state index in [1.807, 2.05) is 0 Å². The number of hydrogen-bond acceptors (Lipinski definition) is 3. The molecule has 0 amide bonds. The van der Waals surface area contributed by atoms with E-state index >= 15 is 0 Å². The van der Waals surface area contributed by atoms with Crippen LogP contribution in [0, 0.1) is 13.0 Å². The molecule has 0 spiro atoms. The molecule has 0 aliphatic heterocycles. The second-order valence-corrected chi connectivity index (χ2v) is 4.90. The number of nitrogens with one attached hydrogen (secondary N) is 1. The summed E-state index contributed by atoms with van der Waals surface area (Å²) in [6.07, 6.45) is 0. The summed E-state index contributed by atoms with van der Waals surface area (Å²) in [5.74, 6) is 0. The van der Waals surface area contributed by atoms with E-state index in [9.17, 15) is 13.2 Å². The molecule has 2 N–H and O–H groups in total. The highest BCUT2D eigenvalue weighted by molar-refractivity contribution is 7.85. The number of aryl methyl sites for hydroxylation is 1. The quantitative estimate of drug-likeness (QED) is 0.763. The molecular weight excluding hydrogens is 244 g/mol. The monoisotopic (exact) mass is 253 g/mol. The smallest absolute Gasteiger partial charge is 0.294 e. The summed E-state index contributed by atoms with van der Waals surface area (Å²) in [5.41, 5.74) is 0.428. The van der Waals surface area contributed by atoms with Crippen molar-refractivity contribution in [1.29, 1.82) is 0 Å². The summed E-state index contributed by atoms with van der Waals surface area (Å²) in [6, 6.07) is 7.91. The van der Waals surface area contributed by atoms with Crippen LogP contribution in [0.15, 0.2) is 34.0 Å². The van der Waals surface area contributed by atoms with Crippen LogP contribution in [0.4, 0.5) is 0 Å². The maximum Gasteiger partial charge on any atom is 0.294 e. The molecule has 0 fully saturated rings.